The van der Waals surface area contributed by atoms with Gasteiger partial charge < -0.3 is 9.47 Å². The fourth-order valence-corrected chi connectivity index (χ4v) is 2.77. The molecular weight excluding hydrogens is 294 g/mol. The molecule has 6 nitrogen and oxygen atoms in total. The van der Waals surface area contributed by atoms with Crippen molar-refractivity contribution in [1.29, 1.82) is 0 Å². The second-order valence-electron chi connectivity index (χ2n) is 5.12. The van der Waals surface area contributed by atoms with Crippen molar-refractivity contribution in [2.75, 3.05) is 13.2 Å². The van der Waals surface area contributed by atoms with E-state index in [-0.39, 0.29) is 18.0 Å². The molecule has 3 heterocycles. The summed E-state index contributed by atoms with van der Waals surface area (Å²) in [6.45, 7) is 2.28. The zero-order valence-electron chi connectivity index (χ0n) is 11.7. The number of halogens is 1. The van der Waals surface area contributed by atoms with Crippen LogP contribution in [0.25, 0.3) is 5.52 Å². The number of aromatic nitrogens is 3. The molecule has 112 valence electrons. The molecule has 0 aromatic carbocycles. The van der Waals surface area contributed by atoms with Crippen molar-refractivity contribution in [2.24, 2.45) is 0 Å². The maximum absolute atomic E-state index is 10.8. The van der Waals surface area contributed by atoms with Gasteiger partial charge in [-0.1, -0.05) is 11.6 Å². The van der Waals surface area contributed by atoms with Crippen LogP contribution in [0.5, 0.6) is 0 Å². The average Bonchev–Trinajstić information content (AvgIpc) is 2.91. The van der Waals surface area contributed by atoms with Crippen molar-refractivity contribution in [3.8, 4) is 0 Å². The van der Waals surface area contributed by atoms with Crippen LogP contribution in [0.3, 0.4) is 0 Å². The number of nitrogens with zero attached hydrogens (tertiary/aromatic N) is 3. The van der Waals surface area contributed by atoms with Crippen molar-refractivity contribution in [3.63, 3.8) is 0 Å². The predicted octanol–water partition coefficient (Wildman–Crippen LogP) is 2.21. The van der Waals surface area contributed by atoms with Crippen molar-refractivity contribution in [1.82, 2.24) is 14.4 Å². The van der Waals surface area contributed by atoms with Gasteiger partial charge in [0.2, 0.25) is 0 Å². The Labute approximate surface area is 127 Å². The van der Waals surface area contributed by atoms with Crippen LogP contribution in [0.15, 0.2) is 18.6 Å². The summed E-state index contributed by atoms with van der Waals surface area (Å²) in [5, 5.41) is 0.445. The van der Waals surface area contributed by atoms with Gasteiger partial charge in [0.15, 0.2) is 5.15 Å². The topological polar surface area (TPSA) is 65.7 Å². The maximum Gasteiger partial charge on any atom is 0.302 e. The molecule has 0 aliphatic carbocycles. The van der Waals surface area contributed by atoms with Crippen molar-refractivity contribution in [3.05, 3.63) is 29.6 Å². The highest BCUT2D eigenvalue weighted by Crippen LogP contribution is 2.29. The Morgan fingerprint density at radius 2 is 2.38 bits per heavy atom. The smallest absolute Gasteiger partial charge is 0.302 e. The first-order valence-electron chi connectivity index (χ1n) is 6.87. The molecule has 0 saturated carbocycles. The zero-order chi connectivity index (χ0) is 14.8. The highest BCUT2D eigenvalue weighted by Gasteiger charge is 2.26. The summed E-state index contributed by atoms with van der Waals surface area (Å²) in [6, 6.07) is 0. The number of carbonyl (C=O) groups is 1. The van der Waals surface area contributed by atoms with Crippen molar-refractivity contribution in [2.45, 2.75) is 31.8 Å². The molecule has 0 amide bonds. The van der Waals surface area contributed by atoms with Gasteiger partial charge in [0.1, 0.15) is 17.9 Å². The second kappa shape index (κ2) is 5.99. The quantitative estimate of drug-likeness (QED) is 0.813. The molecule has 2 aromatic heterocycles. The summed E-state index contributed by atoms with van der Waals surface area (Å²) in [5.74, 6) is 0.863. The van der Waals surface area contributed by atoms with Gasteiger partial charge in [0, 0.05) is 25.2 Å². The molecule has 1 aliphatic heterocycles. The molecule has 0 bridgehead atoms. The van der Waals surface area contributed by atoms with Crippen LogP contribution in [-0.4, -0.2) is 39.7 Å². The number of ether oxygens (including phenoxy) is 2. The third-order valence-corrected chi connectivity index (χ3v) is 3.94. The van der Waals surface area contributed by atoms with Crippen LogP contribution in [0.4, 0.5) is 0 Å². The average molecular weight is 310 g/mol. The van der Waals surface area contributed by atoms with E-state index in [1.807, 2.05) is 10.6 Å². The third kappa shape index (κ3) is 3.01. The Morgan fingerprint density at radius 1 is 1.52 bits per heavy atom. The Kier molecular flexibility index (Phi) is 4.07. The molecule has 1 fully saturated rings. The zero-order valence-corrected chi connectivity index (χ0v) is 12.4. The van der Waals surface area contributed by atoms with E-state index in [1.54, 1.807) is 12.4 Å². The van der Waals surface area contributed by atoms with Gasteiger partial charge >= 0.3 is 5.97 Å². The summed E-state index contributed by atoms with van der Waals surface area (Å²) in [6.07, 6.45) is 7.00. The number of rotatable bonds is 3. The van der Waals surface area contributed by atoms with E-state index >= 15 is 0 Å². The Bertz CT molecular complexity index is 650. The number of hydrogen-bond acceptors (Lipinski definition) is 5. The number of imidazole rings is 1. The van der Waals surface area contributed by atoms with Crippen LogP contribution in [0.1, 0.15) is 31.5 Å². The van der Waals surface area contributed by atoms with Crippen LogP contribution in [0.2, 0.25) is 5.15 Å². The molecule has 0 radical (unpaired) electrons. The minimum absolute atomic E-state index is 0.0263. The van der Waals surface area contributed by atoms with Crippen molar-refractivity contribution >= 4 is 23.1 Å². The third-order valence-electron chi connectivity index (χ3n) is 3.65. The van der Waals surface area contributed by atoms with Gasteiger partial charge in [-0.3, -0.25) is 9.20 Å². The van der Waals surface area contributed by atoms with Crippen LogP contribution in [-0.2, 0) is 14.3 Å². The second-order valence-corrected chi connectivity index (χ2v) is 5.48. The molecular formula is C14H16ClN3O3. The van der Waals surface area contributed by atoms with Crippen LogP contribution in [0, 0.1) is 0 Å². The SMILES string of the molecule is CC(=O)OCC1CCC(c2ncc3c(Cl)nccn23)CO1. The molecule has 3 rings (SSSR count). The van der Waals surface area contributed by atoms with E-state index in [9.17, 15) is 4.79 Å². The van der Waals surface area contributed by atoms with Gasteiger partial charge in [-0.25, -0.2) is 9.97 Å². The van der Waals surface area contributed by atoms with E-state index in [4.69, 9.17) is 21.1 Å². The van der Waals surface area contributed by atoms with Crippen LogP contribution < -0.4 is 0 Å². The van der Waals surface area contributed by atoms with Gasteiger partial charge in [-0.15, -0.1) is 0 Å². The van der Waals surface area contributed by atoms with E-state index < -0.39 is 0 Å². The van der Waals surface area contributed by atoms with E-state index in [0.29, 0.717) is 18.4 Å². The number of carbonyl (C=O) groups excluding carboxylic acids is 1. The fourth-order valence-electron chi connectivity index (χ4n) is 2.57. The van der Waals surface area contributed by atoms with Gasteiger partial charge in [0.05, 0.1) is 18.9 Å². The summed E-state index contributed by atoms with van der Waals surface area (Å²) in [7, 11) is 0. The Balaban J connectivity index is 1.68. The molecule has 0 spiro atoms. The van der Waals surface area contributed by atoms with Crippen molar-refractivity contribution < 1.29 is 14.3 Å². The highest BCUT2D eigenvalue weighted by atomic mass is 35.5. The predicted molar refractivity (Wildman–Crippen MR) is 76.3 cm³/mol. The number of hydrogen-bond donors (Lipinski definition) is 0. The summed E-state index contributed by atoms with van der Waals surface area (Å²) >= 11 is 6.05. The van der Waals surface area contributed by atoms with Gasteiger partial charge in [-0.2, -0.15) is 0 Å². The molecule has 1 aliphatic rings. The first-order chi connectivity index (χ1) is 10.1. The molecule has 0 N–H and O–H groups in total. The first kappa shape index (κ1) is 14.3. The minimum Gasteiger partial charge on any atom is -0.463 e. The number of esters is 1. The molecule has 1 saturated heterocycles. The standard InChI is InChI=1S/C14H16ClN3O3/c1-9(19)20-8-11-3-2-10(7-21-11)14-17-6-12-13(15)16-4-5-18(12)14/h4-6,10-11H,2-3,7-8H2,1H3. The normalized spacial score (nSPS) is 22.4. The lowest BCUT2D eigenvalue weighted by atomic mass is 9.98. The summed E-state index contributed by atoms with van der Waals surface area (Å²) in [5.41, 5.74) is 0.802. The lowest BCUT2D eigenvalue weighted by molar-refractivity contribution is -0.146. The van der Waals surface area contributed by atoms with Gasteiger partial charge in [0.25, 0.3) is 0 Å². The maximum atomic E-state index is 10.8. The monoisotopic (exact) mass is 309 g/mol. The first-order valence-corrected chi connectivity index (χ1v) is 7.25. The molecule has 21 heavy (non-hydrogen) atoms. The van der Waals surface area contributed by atoms with E-state index in [2.05, 4.69) is 9.97 Å². The van der Waals surface area contributed by atoms with E-state index in [0.717, 1.165) is 24.2 Å². The lowest BCUT2D eigenvalue weighted by Gasteiger charge is -2.28. The van der Waals surface area contributed by atoms with Crippen LogP contribution >= 0.6 is 11.6 Å². The minimum atomic E-state index is -0.276. The molecule has 2 unspecified atom stereocenters. The fraction of sp³-hybridized carbons (Fsp3) is 0.500. The van der Waals surface area contributed by atoms with E-state index in [1.165, 1.54) is 6.92 Å². The molecule has 7 heteroatoms. The molecule has 2 atom stereocenters. The van der Waals surface area contributed by atoms with Gasteiger partial charge in [-0.05, 0) is 12.8 Å². The highest BCUT2D eigenvalue weighted by molar-refractivity contribution is 6.32. The lowest BCUT2D eigenvalue weighted by Crippen LogP contribution is -2.30. The number of fused-ring (bicyclic) bond motifs is 1. The summed E-state index contributed by atoms with van der Waals surface area (Å²) < 4.78 is 12.7. The summed E-state index contributed by atoms with van der Waals surface area (Å²) in [4.78, 5) is 19.3. The Hall–Kier alpha value is -1.66. The Morgan fingerprint density at radius 3 is 3.10 bits per heavy atom. The largest absolute Gasteiger partial charge is 0.463 e. The molecule has 2 aromatic rings.